The molecule has 0 aliphatic rings. The molecule has 4 N–H and O–H groups in total. The molecule has 0 aromatic carbocycles. The molecule has 10 heteroatoms. The Labute approximate surface area is 127 Å². The minimum Gasteiger partial charge on any atom is -0.481 e. The maximum absolute atomic E-state index is 12.3. The number of nitrogens with zero attached hydrogens (tertiary/aromatic N) is 1. The maximum atomic E-state index is 12.3. The molecule has 0 bridgehead atoms. The van der Waals surface area contributed by atoms with Crippen molar-refractivity contribution >= 4 is 33.4 Å². The molecule has 0 radical (unpaired) electrons. The standard InChI is InChI=1S/C11H16ClN3O5S/c1-11(6-20-2,4-9(16)17)15-21(18,19)8-3-7(12)5-14-10(8)13/h3,5,15H,4,6H2,1-2H3,(H2,13,14)(H,16,17). The van der Waals surface area contributed by atoms with E-state index in [0.29, 0.717) is 0 Å². The van der Waals surface area contributed by atoms with Crippen molar-refractivity contribution in [1.29, 1.82) is 0 Å². The van der Waals surface area contributed by atoms with E-state index in [9.17, 15) is 13.2 Å². The Morgan fingerprint density at radius 2 is 2.24 bits per heavy atom. The highest BCUT2D eigenvalue weighted by Gasteiger charge is 2.34. The zero-order chi connectivity index (χ0) is 16.3. The van der Waals surface area contributed by atoms with Crippen LogP contribution in [0.3, 0.4) is 0 Å². The lowest BCUT2D eigenvalue weighted by atomic mass is 10.0. The molecule has 0 amide bonds. The predicted molar refractivity (Wildman–Crippen MR) is 76.5 cm³/mol. The number of rotatable bonds is 7. The van der Waals surface area contributed by atoms with Gasteiger partial charge < -0.3 is 15.6 Å². The van der Waals surface area contributed by atoms with Gasteiger partial charge in [0.1, 0.15) is 10.7 Å². The highest BCUT2D eigenvalue weighted by atomic mass is 35.5. The summed E-state index contributed by atoms with van der Waals surface area (Å²) in [4.78, 5) is 14.2. The number of hydrogen-bond acceptors (Lipinski definition) is 6. The van der Waals surface area contributed by atoms with Crippen molar-refractivity contribution in [3.05, 3.63) is 17.3 Å². The molecule has 0 spiro atoms. The first-order chi connectivity index (χ1) is 9.59. The monoisotopic (exact) mass is 337 g/mol. The molecule has 1 heterocycles. The quantitative estimate of drug-likeness (QED) is 0.659. The van der Waals surface area contributed by atoms with Crippen LogP contribution in [0.1, 0.15) is 13.3 Å². The Morgan fingerprint density at radius 3 is 2.76 bits per heavy atom. The molecule has 0 saturated heterocycles. The van der Waals surface area contributed by atoms with Gasteiger partial charge in [-0.1, -0.05) is 11.6 Å². The lowest BCUT2D eigenvalue weighted by Crippen LogP contribution is -2.50. The summed E-state index contributed by atoms with van der Waals surface area (Å²) in [6, 6.07) is 1.14. The fourth-order valence-corrected chi connectivity index (χ4v) is 3.52. The topological polar surface area (TPSA) is 132 Å². The average molecular weight is 338 g/mol. The number of pyridine rings is 1. The number of sulfonamides is 1. The van der Waals surface area contributed by atoms with Crippen LogP contribution in [0.15, 0.2) is 17.2 Å². The second kappa shape index (κ2) is 6.56. The molecule has 21 heavy (non-hydrogen) atoms. The second-order valence-corrected chi connectivity index (χ2v) is 6.79. The summed E-state index contributed by atoms with van der Waals surface area (Å²) in [6.07, 6.45) is 0.746. The van der Waals surface area contributed by atoms with E-state index in [4.69, 9.17) is 27.2 Å². The van der Waals surface area contributed by atoms with Crippen molar-refractivity contribution in [2.45, 2.75) is 23.8 Å². The Bertz CT molecular complexity index is 637. The Balaban J connectivity index is 3.17. The summed E-state index contributed by atoms with van der Waals surface area (Å²) >= 11 is 5.71. The van der Waals surface area contributed by atoms with E-state index in [2.05, 4.69) is 9.71 Å². The van der Waals surface area contributed by atoms with Crippen molar-refractivity contribution in [3.8, 4) is 0 Å². The lowest BCUT2D eigenvalue weighted by Gasteiger charge is -2.28. The molecule has 0 aliphatic carbocycles. The number of methoxy groups -OCH3 is 1. The summed E-state index contributed by atoms with van der Waals surface area (Å²) in [7, 11) is -2.77. The van der Waals surface area contributed by atoms with Gasteiger partial charge in [-0.05, 0) is 13.0 Å². The van der Waals surface area contributed by atoms with Crippen LogP contribution in [0.25, 0.3) is 0 Å². The number of aliphatic carboxylic acids is 1. The van der Waals surface area contributed by atoms with Crippen LogP contribution in [-0.4, -0.2) is 43.7 Å². The molecule has 0 fully saturated rings. The molecule has 0 aliphatic heterocycles. The van der Waals surface area contributed by atoms with Crippen molar-refractivity contribution in [2.75, 3.05) is 19.5 Å². The summed E-state index contributed by atoms with van der Waals surface area (Å²) in [5.41, 5.74) is 4.19. The molecule has 0 saturated carbocycles. The minimum absolute atomic E-state index is 0.0938. The number of carbonyl (C=O) groups is 1. The number of nitrogens with one attached hydrogen (secondary N) is 1. The van der Waals surface area contributed by atoms with Gasteiger partial charge in [-0.15, -0.1) is 0 Å². The number of hydrogen-bond donors (Lipinski definition) is 3. The van der Waals surface area contributed by atoms with Gasteiger partial charge in [0.2, 0.25) is 10.0 Å². The van der Waals surface area contributed by atoms with E-state index in [0.717, 1.165) is 6.07 Å². The normalized spacial score (nSPS) is 14.6. The molecule has 1 aromatic heterocycles. The van der Waals surface area contributed by atoms with E-state index in [1.54, 1.807) is 0 Å². The SMILES string of the molecule is COCC(C)(CC(=O)O)NS(=O)(=O)c1cc(Cl)cnc1N. The average Bonchev–Trinajstić information content (AvgIpc) is 2.30. The summed E-state index contributed by atoms with van der Waals surface area (Å²) in [5.74, 6) is -1.41. The van der Waals surface area contributed by atoms with E-state index in [1.165, 1.54) is 20.2 Å². The molecule has 8 nitrogen and oxygen atoms in total. The van der Waals surface area contributed by atoms with Crippen molar-refractivity contribution in [2.24, 2.45) is 0 Å². The van der Waals surface area contributed by atoms with Gasteiger partial charge in [-0.3, -0.25) is 4.79 Å². The summed E-state index contributed by atoms with van der Waals surface area (Å²) < 4.78 is 31.8. The third-order valence-electron chi connectivity index (χ3n) is 2.52. The first kappa shape index (κ1) is 17.6. The third-order valence-corrected chi connectivity index (χ3v) is 4.40. The van der Waals surface area contributed by atoms with Gasteiger partial charge in [0.25, 0.3) is 0 Å². The van der Waals surface area contributed by atoms with Crippen LogP contribution in [0.2, 0.25) is 5.02 Å². The minimum atomic E-state index is -4.10. The number of aromatic nitrogens is 1. The summed E-state index contributed by atoms with van der Waals surface area (Å²) in [5, 5.41) is 8.99. The number of anilines is 1. The second-order valence-electron chi connectivity index (χ2n) is 4.71. The van der Waals surface area contributed by atoms with Crippen molar-refractivity contribution in [1.82, 2.24) is 9.71 Å². The van der Waals surface area contributed by atoms with E-state index in [-0.39, 0.29) is 22.3 Å². The van der Waals surface area contributed by atoms with E-state index in [1.807, 2.05) is 0 Å². The van der Waals surface area contributed by atoms with Crippen LogP contribution in [-0.2, 0) is 19.6 Å². The van der Waals surface area contributed by atoms with Crippen LogP contribution < -0.4 is 10.5 Å². The molecular formula is C11H16ClN3O5S. The predicted octanol–water partition coefficient (Wildman–Crippen LogP) is 0.475. The van der Waals surface area contributed by atoms with Crippen LogP contribution in [0.4, 0.5) is 5.82 Å². The van der Waals surface area contributed by atoms with Gasteiger partial charge in [0.15, 0.2) is 0 Å². The summed E-state index contributed by atoms with van der Waals surface area (Å²) in [6.45, 7) is 1.28. The first-order valence-electron chi connectivity index (χ1n) is 5.75. The zero-order valence-electron chi connectivity index (χ0n) is 11.5. The number of ether oxygens (including phenoxy) is 1. The van der Waals surface area contributed by atoms with E-state index >= 15 is 0 Å². The van der Waals surface area contributed by atoms with Gasteiger partial charge in [-0.2, -0.15) is 0 Å². The molecule has 1 unspecified atom stereocenters. The smallest absolute Gasteiger partial charge is 0.305 e. The third kappa shape index (κ3) is 4.81. The number of carboxylic acid groups (broad SMARTS) is 1. The number of carboxylic acids is 1. The molecule has 1 rings (SSSR count). The van der Waals surface area contributed by atoms with Gasteiger partial charge in [0, 0.05) is 13.3 Å². The molecule has 1 aromatic rings. The van der Waals surface area contributed by atoms with Crippen LogP contribution in [0, 0.1) is 0 Å². The fourth-order valence-electron chi connectivity index (χ4n) is 1.79. The highest BCUT2D eigenvalue weighted by molar-refractivity contribution is 7.89. The Morgan fingerprint density at radius 1 is 1.62 bits per heavy atom. The Kier molecular flexibility index (Phi) is 5.51. The van der Waals surface area contributed by atoms with Gasteiger partial charge in [-0.25, -0.2) is 18.1 Å². The highest BCUT2D eigenvalue weighted by Crippen LogP contribution is 2.23. The Hall–Kier alpha value is -1.42. The van der Waals surface area contributed by atoms with E-state index < -0.39 is 28.0 Å². The lowest BCUT2D eigenvalue weighted by molar-refractivity contribution is -0.138. The molecular weight excluding hydrogens is 322 g/mol. The first-order valence-corrected chi connectivity index (χ1v) is 7.61. The fraction of sp³-hybridized carbons (Fsp3) is 0.455. The van der Waals surface area contributed by atoms with Crippen molar-refractivity contribution in [3.63, 3.8) is 0 Å². The van der Waals surface area contributed by atoms with Crippen molar-refractivity contribution < 1.29 is 23.1 Å². The van der Waals surface area contributed by atoms with Crippen LogP contribution in [0.5, 0.6) is 0 Å². The zero-order valence-corrected chi connectivity index (χ0v) is 13.0. The number of halogens is 1. The number of nitrogen functional groups attached to an aromatic ring is 1. The van der Waals surface area contributed by atoms with Crippen LogP contribution >= 0.6 is 11.6 Å². The molecule has 118 valence electrons. The van der Waals surface area contributed by atoms with Gasteiger partial charge >= 0.3 is 5.97 Å². The largest absolute Gasteiger partial charge is 0.481 e. The number of nitrogens with two attached hydrogens (primary N) is 1. The molecule has 1 atom stereocenters. The van der Waals surface area contributed by atoms with Gasteiger partial charge in [0.05, 0.1) is 23.6 Å². The maximum Gasteiger partial charge on any atom is 0.305 e.